The summed E-state index contributed by atoms with van der Waals surface area (Å²) in [5.74, 6) is 0.303. The fraction of sp³-hybridized carbons (Fsp3) is 0.686. The molecule has 5 rings (SSSR count). The van der Waals surface area contributed by atoms with Crippen molar-refractivity contribution in [1.29, 1.82) is 0 Å². The van der Waals surface area contributed by atoms with E-state index >= 15 is 0 Å². The third-order valence-corrected chi connectivity index (χ3v) is 9.30. The Bertz CT molecular complexity index is 1420. The minimum atomic E-state index is -0.934. The number of fused-ring (bicyclic) bond motifs is 5. The van der Waals surface area contributed by atoms with E-state index < -0.39 is 35.7 Å². The van der Waals surface area contributed by atoms with Crippen molar-refractivity contribution in [2.75, 3.05) is 20.3 Å². The SMILES string of the molecule is CC[C@@H]1[C@@H]2CN(C(=O)[C@H](C(C)(C)C)NC(=O)O[C@@H]3C[C@H]3CCCCCc3nc4ccc(OC)cc4nc3O2)[C@@H]1C(=O)OCC(C)C. The van der Waals surface area contributed by atoms with E-state index in [1.54, 1.807) is 7.11 Å². The molecule has 1 N–H and O–H groups in total. The van der Waals surface area contributed by atoms with Gasteiger partial charge in [-0.25, -0.2) is 19.6 Å². The van der Waals surface area contributed by atoms with Gasteiger partial charge in [0.1, 0.15) is 35.7 Å². The van der Waals surface area contributed by atoms with Crippen LogP contribution in [-0.2, 0) is 25.5 Å². The van der Waals surface area contributed by atoms with Gasteiger partial charge >= 0.3 is 12.1 Å². The fourth-order valence-electron chi connectivity index (χ4n) is 6.58. The van der Waals surface area contributed by atoms with Gasteiger partial charge in [0.05, 0.1) is 31.3 Å². The van der Waals surface area contributed by atoms with E-state index in [2.05, 4.69) is 5.32 Å². The normalized spacial score (nSPS) is 27.4. The summed E-state index contributed by atoms with van der Waals surface area (Å²) in [6.07, 6.45) is 4.64. The van der Waals surface area contributed by atoms with Crippen molar-refractivity contribution in [3.63, 3.8) is 0 Å². The standard InChI is InChI=1S/C35H50N4O7/c1-8-23-28-18-39(29(23)33(41)44-19-20(2)3)32(40)30(35(4,5)6)38-34(42)46-27-16-21(27)12-10-9-11-13-25-31(45-28)37-26-17-22(43-7)14-15-24(26)36-25/h14-15,17,20-21,23,27-30H,8-13,16,18-19H2,1-7H3,(H,38,42)/t21-,23-,27-,28+,29+,30-/m1/s1. The maximum atomic E-state index is 14.4. The zero-order valence-electron chi connectivity index (χ0n) is 28.3. The molecule has 11 nitrogen and oxygen atoms in total. The molecule has 2 aliphatic heterocycles. The first-order chi connectivity index (χ1) is 21.9. The van der Waals surface area contributed by atoms with Gasteiger partial charge < -0.3 is 29.2 Å². The van der Waals surface area contributed by atoms with Crippen molar-refractivity contribution >= 4 is 29.0 Å². The number of carbonyl (C=O) groups excluding carboxylic acids is 3. The molecule has 1 saturated heterocycles. The maximum absolute atomic E-state index is 14.4. The summed E-state index contributed by atoms with van der Waals surface area (Å²) in [6.45, 7) is 11.9. The number of aryl methyl sites for hydroxylation is 1. The number of methoxy groups -OCH3 is 1. The molecular weight excluding hydrogens is 588 g/mol. The molecule has 3 heterocycles. The Balaban J connectivity index is 1.55. The zero-order chi connectivity index (χ0) is 33.2. The van der Waals surface area contributed by atoms with Gasteiger partial charge in [-0.05, 0) is 61.5 Å². The van der Waals surface area contributed by atoms with E-state index in [1.807, 2.05) is 59.7 Å². The molecule has 46 heavy (non-hydrogen) atoms. The molecule has 2 amide bonds. The lowest BCUT2D eigenvalue weighted by Gasteiger charge is -2.35. The van der Waals surface area contributed by atoms with Crippen LogP contribution in [0.25, 0.3) is 11.0 Å². The van der Waals surface area contributed by atoms with Crippen molar-refractivity contribution in [3.8, 4) is 11.6 Å². The lowest BCUT2D eigenvalue weighted by molar-refractivity contribution is -0.157. The van der Waals surface area contributed by atoms with Crippen LogP contribution in [-0.4, -0.2) is 77.4 Å². The molecule has 1 aromatic carbocycles. The molecule has 3 aliphatic rings. The number of nitrogens with one attached hydrogen (secondary N) is 1. The molecule has 2 aromatic rings. The average molecular weight is 639 g/mol. The summed E-state index contributed by atoms with van der Waals surface area (Å²) in [7, 11) is 1.61. The van der Waals surface area contributed by atoms with E-state index in [0.717, 1.165) is 43.3 Å². The first-order valence-electron chi connectivity index (χ1n) is 16.8. The van der Waals surface area contributed by atoms with Gasteiger partial charge in [0, 0.05) is 12.0 Å². The molecule has 2 bridgehead atoms. The highest BCUT2D eigenvalue weighted by Gasteiger charge is 2.52. The molecule has 252 valence electrons. The van der Waals surface area contributed by atoms with Crippen LogP contribution in [0.2, 0.25) is 0 Å². The number of rotatable bonds is 5. The van der Waals surface area contributed by atoms with E-state index in [-0.39, 0.29) is 37.0 Å². The Morgan fingerprint density at radius 3 is 2.57 bits per heavy atom. The van der Waals surface area contributed by atoms with Gasteiger partial charge in [0.2, 0.25) is 11.8 Å². The number of hydrogen-bond donors (Lipinski definition) is 1. The molecule has 11 heteroatoms. The molecule has 1 aromatic heterocycles. The summed E-state index contributed by atoms with van der Waals surface area (Å²) in [5, 5.41) is 2.86. The van der Waals surface area contributed by atoms with Crippen LogP contribution in [0, 0.1) is 23.2 Å². The van der Waals surface area contributed by atoms with E-state index in [9.17, 15) is 14.4 Å². The van der Waals surface area contributed by atoms with Crippen LogP contribution in [0.3, 0.4) is 0 Å². The van der Waals surface area contributed by atoms with Crippen LogP contribution in [0.15, 0.2) is 18.2 Å². The second-order valence-corrected chi connectivity index (χ2v) is 14.5. The van der Waals surface area contributed by atoms with Gasteiger partial charge in [-0.2, -0.15) is 0 Å². The Morgan fingerprint density at radius 2 is 1.87 bits per heavy atom. The molecule has 6 atom stereocenters. The predicted octanol–water partition coefficient (Wildman–Crippen LogP) is 5.47. The van der Waals surface area contributed by atoms with Crippen LogP contribution in [0.1, 0.15) is 85.8 Å². The molecule has 2 fully saturated rings. The zero-order valence-corrected chi connectivity index (χ0v) is 28.3. The second-order valence-electron chi connectivity index (χ2n) is 14.5. The van der Waals surface area contributed by atoms with Crippen molar-refractivity contribution in [2.45, 2.75) is 111 Å². The summed E-state index contributed by atoms with van der Waals surface area (Å²) in [5.41, 5.74) is 1.48. The summed E-state index contributed by atoms with van der Waals surface area (Å²) >= 11 is 0. The molecule has 0 unspecified atom stereocenters. The smallest absolute Gasteiger partial charge is 0.408 e. The van der Waals surface area contributed by atoms with Crippen molar-refractivity contribution in [3.05, 3.63) is 23.9 Å². The van der Waals surface area contributed by atoms with E-state index in [0.29, 0.717) is 35.9 Å². The molecule has 1 aliphatic carbocycles. The van der Waals surface area contributed by atoms with Gasteiger partial charge in [0.25, 0.3) is 0 Å². The van der Waals surface area contributed by atoms with Crippen molar-refractivity contribution in [2.24, 2.45) is 23.2 Å². The Labute approximate surface area is 272 Å². The van der Waals surface area contributed by atoms with Crippen LogP contribution in [0.5, 0.6) is 11.6 Å². The highest BCUT2D eigenvalue weighted by molar-refractivity contribution is 5.91. The summed E-state index contributed by atoms with van der Waals surface area (Å²) < 4.78 is 23.6. The minimum absolute atomic E-state index is 0.127. The Kier molecular flexibility index (Phi) is 10.3. The minimum Gasteiger partial charge on any atom is -0.497 e. The number of carbonyl (C=O) groups is 3. The first-order valence-corrected chi connectivity index (χ1v) is 16.8. The molecule has 1 saturated carbocycles. The number of hydrogen-bond acceptors (Lipinski definition) is 9. The van der Waals surface area contributed by atoms with Crippen LogP contribution in [0.4, 0.5) is 4.79 Å². The highest BCUT2D eigenvalue weighted by atomic mass is 16.6. The highest BCUT2D eigenvalue weighted by Crippen LogP contribution is 2.39. The number of nitrogens with zero attached hydrogens (tertiary/aromatic N) is 3. The van der Waals surface area contributed by atoms with E-state index in [1.165, 1.54) is 4.90 Å². The quantitative estimate of drug-likeness (QED) is 0.424. The lowest BCUT2D eigenvalue weighted by atomic mass is 9.85. The number of ether oxygens (including phenoxy) is 4. The van der Waals surface area contributed by atoms with Gasteiger partial charge in [0.15, 0.2) is 0 Å². The van der Waals surface area contributed by atoms with Crippen molar-refractivity contribution < 1.29 is 33.3 Å². The maximum Gasteiger partial charge on any atom is 0.408 e. The number of aromatic nitrogens is 2. The largest absolute Gasteiger partial charge is 0.497 e. The number of amides is 2. The first kappa shape index (κ1) is 33.7. The fourth-order valence-corrected chi connectivity index (χ4v) is 6.58. The van der Waals surface area contributed by atoms with Crippen molar-refractivity contribution in [1.82, 2.24) is 20.2 Å². The number of esters is 1. The van der Waals surface area contributed by atoms with Gasteiger partial charge in [-0.1, -0.05) is 54.4 Å². The lowest BCUT2D eigenvalue weighted by Crippen LogP contribution is -2.57. The Hall–Kier alpha value is -3.63. The molecule has 0 radical (unpaired) electrons. The Morgan fingerprint density at radius 1 is 1.09 bits per heavy atom. The van der Waals surface area contributed by atoms with E-state index in [4.69, 9.17) is 28.9 Å². The monoisotopic (exact) mass is 638 g/mol. The topological polar surface area (TPSA) is 129 Å². The van der Waals surface area contributed by atoms with Gasteiger partial charge in [-0.15, -0.1) is 0 Å². The van der Waals surface area contributed by atoms with Crippen LogP contribution < -0.4 is 14.8 Å². The molecule has 0 spiro atoms. The third kappa shape index (κ3) is 7.66. The average Bonchev–Trinajstić information content (AvgIpc) is 3.63. The number of alkyl carbamates (subject to hydrolysis) is 1. The summed E-state index contributed by atoms with van der Waals surface area (Å²) in [4.78, 5) is 52.7. The summed E-state index contributed by atoms with van der Waals surface area (Å²) in [6, 6.07) is 3.76. The third-order valence-electron chi connectivity index (χ3n) is 9.30. The van der Waals surface area contributed by atoms with Gasteiger partial charge in [-0.3, -0.25) is 4.79 Å². The number of benzene rings is 1. The molecular formula is C35H50N4O7. The van der Waals surface area contributed by atoms with Crippen LogP contribution >= 0.6 is 0 Å². The predicted molar refractivity (Wildman–Crippen MR) is 173 cm³/mol. The second kappa shape index (κ2) is 14.0.